The lowest BCUT2D eigenvalue weighted by molar-refractivity contribution is 0.0429. The molecule has 0 aliphatic carbocycles. The van der Waals surface area contributed by atoms with E-state index in [1.807, 2.05) is 41.3 Å². The molecule has 194 valence electrons. The standard InChI is InChI=1S/C31H38N4O2/c1-23(34(20-24-10-4-2-5-11-24)21-25-12-6-3-7-13-25)22-37-31(36)35-27-16-17-28(35)19-26(18-27)33-30-15-9-8-14-29(30)32/h2-15,23,26-28,33H,16-22,32H2,1H3/t23-,26?,27?,28?/m0/s1. The van der Waals surface area contributed by atoms with Crippen molar-refractivity contribution in [2.24, 2.45) is 0 Å². The minimum atomic E-state index is -0.170. The average molecular weight is 499 g/mol. The fourth-order valence-corrected chi connectivity index (χ4v) is 5.82. The molecule has 3 atom stereocenters. The highest BCUT2D eigenvalue weighted by Crippen LogP contribution is 2.37. The molecule has 3 aromatic rings. The molecular weight excluding hydrogens is 460 g/mol. The Morgan fingerprint density at radius 2 is 1.46 bits per heavy atom. The van der Waals surface area contributed by atoms with E-state index in [0.29, 0.717) is 12.6 Å². The summed E-state index contributed by atoms with van der Waals surface area (Å²) in [5, 5.41) is 3.61. The second-order valence-corrected chi connectivity index (χ2v) is 10.5. The Hall–Kier alpha value is -3.51. The van der Waals surface area contributed by atoms with E-state index in [-0.39, 0.29) is 24.2 Å². The number of ether oxygens (including phenoxy) is 1. The Kier molecular flexibility index (Phi) is 7.95. The highest BCUT2D eigenvalue weighted by atomic mass is 16.6. The van der Waals surface area contributed by atoms with Gasteiger partial charge in [0.1, 0.15) is 6.61 Å². The van der Waals surface area contributed by atoms with Crippen molar-refractivity contribution in [3.8, 4) is 0 Å². The lowest BCUT2D eigenvalue weighted by Gasteiger charge is -2.39. The largest absolute Gasteiger partial charge is 0.448 e. The molecule has 5 rings (SSSR count). The Morgan fingerprint density at radius 3 is 2.03 bits per heavy atom. The molecule has 1 amide bonds. The summed E-state index contributed by atoms with van der Waals surface area (Å²) < 4.78 is 5.96. The van der Waals surface area contributed by atoms with Crippen LogP contribution in [0.2, 0.25) is 0 Å². The first-order valence-corrected chi connectivity index (χ1v) is 13.4. The van der Waals surface area contributed by atoms with E-state index in [4.69, 9.17) is 10.5 Å². The van der Waals surface area contributed by atoms with E-state index in [1.54, 1.807) is 0 Å². The number of nitrogens with one attached hydrogen (secondary N) is 1. The number of amides is 1. The Labute approximate surface area is 220 Å². The molecule has 2 aliphatic heterocycles. The molecule has 37 heavy (non-hydrogen) atoms. The second kappa shape index (κ2) is 11.7. The van der Waals surface area contributed by atoms with Crippen molar-refractivity contribution in [1.29, 1.82) is 0 Å². The van der Waals surface area contributed by atoms with Gasteiger partial charge in [-0.25, -0.2) is 4.79 Å². The maximum Gasteiger partial charge on any atom is 0.410 e. The predicted octanol–water partition coefficient (Wildman–Crippen LogP) is 5.90. The van der Waals surface area contributed by atoms with Gasteiger partial charge in [-0.3, -0.25) is 4.90 Å². The quantitative estimate of drug-likeness (QED) is 0.359. The van der Waals surface area contributed by atoms with Crippen LogP contribution in [0.25, 0.3) is 0 Å². The number of piperidine rings is 1. The van der Waals surface area contributed by atoms with Gasteiger partial charge < -0.3 is 20.7 Å². The van der Waals surface area contributed by atoms with Crippen molar-refractivity contribution >= 4 is 17.5 Å². The number of hydrogen-bond donors (Lipinski definition) is 2. The number of nitrogens with zero attached hydrogens (tertiary/aromatic N) is 2. The molecule has 6 heteroatoms. The Morgan fingerprint density at radius 1 is 0.919 bits per heavy atom. The predicted molar refractivity (Wildman–Crippen MR) is 149 cm³/mol. The van der Waals surface area contributed by atoms with Gasteiger partial charge in [-0.05, 0) is 55.9 Å². The van der Waals surface area contributed by atoms with E-state index in [0.717, 1.165) is 50.1 Å². The zero-order valence-corrected chi connectivity index (χ0v) is 21.6. The van der Waals surface area contributed by atoms with Gasteiger partial charge >= 0.3 is 6.09 Å². The number of benzene rings is 3. The molecule has 0 spiro atoms. The van der Waals surface area contributed by atoms with Gasteiger partial charge in [0.05, 0.1) is 11.4 Å². The van der Waals surface area contributed by atoms with Crippen LogP contribution in [0.1, 0.15) is 43.7 Å². The van der Waals surface area contributed by atoms with Crippen LogP contribution in [0.5, 0.6) is 0 Å². The number of nitrogens with two attached hydrogens (primary N) is 1. The molecular formula is C31H38N4O2. The Bertz CT molecular complexity index is 1100. The van der Waals surface area contributed by atoms with Crippen molar-refractivity contribution in [3.63, 3.8) is 0 Å². The lowest BCUT2D eigenvalue weighted by atomic mass is 9.97. The summed E-state index contributed by atoms with van der Waals surface area (Å²) >= 11 is 0. The number of rotatable bonds is 9. The lowest BCUT2D eigenvalue weighted by Crippen LogP contribution is -2.50. The van der Waals surface area contributed by atoms with Crippen LogP contribution in [0.4, 0.5) is 16.2 Å². The van der Waals surface area contributed by atoms with E-state index >= 15 is 0 Å². The molecule has 2 aliphatic rings. The van der Waals surface area contributed by atoms with Crippen LogP contribution in [-0.2, 0) is 17.8 Å². The third-order valence-electron chi connectivity index (χ3n) is 7.79. The molecule has 2 saturated heterocycles. The van der Waals surface area contributed by atoms with Crippen molar-refractivity contribution in [2.45, 2.75) is 69.9 Å². The van der Waals surface area contributed by atoms with E-state index in [1.165, 1.54) is 11.1 Å². The fourth-order valence-electron chi connectivity index (χ4n) is 5.82. The van der Waals surface area contributed by atoms with Crippen molar-refractivity contribution in [3.05, 3.63) is 96.1 Å². The van der Waals surface area contributed by atoms with Crippen molar-refractivity contribution < 1.29 is 9.53 Å². The Balaban J connectivity index is 1.18. The third-order valence-corrected chi connectivity index (χ3v) is 7.79. The van der Waals surface area contributed by atoms with Gasteiger partial charge in [0.15, 0.2) is 0 Å². The molecule has 3 aromatic carbocycles. The SMILES string of the molecule is C[C@@H](COC(=O)N1C2CCC1CC(Nc1ccccc1N)C2)N(Cc1ccccc1)Cc1ccccc1. The van der Waals surface area contributed by atoms with Crippen LogP contribution >= 0.6 is 0 Å². The third kappa shape index (κ3) is 6.25. The maximum absolute atomic E-state index is 13.3. The molecule has 2 fully saturated rings. The zero-order chi connectivity index (χ0) is 25.6. The summed E-state index contributed by atoms with van der Waals surface area (Å²) in [6.07, 6.45) is 3.74. The summed E-state index contributed by atoms with van der Waals surface area (Å²) in [4.78, 5) is 17.7. The molecule has 0 aromatic heterocycles. The highest BCUT2D eigenvalue weighted by Gasteiger charge is 2.44. The van der Waals surface area contributed by atoms with Gasteiger partial charge in [0.2, 0.25) is 0 Å². The van der Waals surface area contributed by atoms with Crippen LogP contribution < -0.4 is 11.1 Å². The topological polar surface area (TPSA) is 70.8 Å². The number of nitrogen functional groups attached to an aromatic ring is 1. The number of carbonyl (C=O) groups excluding carboxylic acids is 1. The smallest absolute Gasteiger partial charge is 0.410 e. The summed E-state index contributed by atoms with van der Waals surface area (Å²) in [6, 6.07) is 29.7. The minimum Gasteiger partial charge on any atom is -0.448 e. The van der Waals surface area contributed by atoms with Gasteiger partial charge in [-0.2, -0.15) is 0 Å². The summed E-state index contributed by atoms with van der Waals surface area (Å²) in [6.45, 7) is 4.13. The van der Waals surface area contributed by atoms with Crippen LogP contribution in [0.15, 0.2) is 84.9 Å². The normalized spacial score (nSPS) is 21.6. The van der Waals surface area contributed by atoms with Crippen molar-refractivity contribution in [1.82, 2.24) is 9.80 Å². The van der Waals surface area contributed by atoms with Crippen LogP contribution in [-0.4, -0.2) is 46.7 Å². The minimum absolute atomic E-state index is 0.0854. The number of hydrogen-bond acceptors (Lipinski definition) is 5. The number of anilines is 2. The molecule has 2 bridgehead atoms. The van der Waals surface area contributed by atoms with Gasteiger partial charge in [0, 0.05) is 37.3 Å². The summed E-state index contributed by atoms with van der Waals surface area (Å²) in [5.74, 6) is 0. The summed E-state index contributed by atoms with van der Waals surface area (Å²) in [7, 11) is 0. The highest BCUT2D eigenvalue weighted by molar-refractivity contribution is 5.70. The number of carbonyl (C=O) groups is 1. The first-order valence-electron chi connectivity index (χ1n) is 13.4. The molecule has 0 radical (unpaired) electrons. The number of fused-ring (bicyclic) bond motifs is 2. The van der Waals surface area contributed by atoms with Crippen molar-refractivity contribution in [2.75, 3.05) is 17.7 Å². The molecule has 2 unspecified atom stereocenters. The van der Waals surface area contributed by atoms with E-state index in [9.17, 15) is 4.79 Å². The monoisotopic (exact) mass is 498 g/mol. The van der Waals surface area contributed by atoms with Gasteiger partial charge in [-0.15, -0.1) is 0 Å². The fraction of sp³-hybridized carbons (Fsp3) is 0.387. The number of para-hydroxylation sites is 2. The molecule has 6 nitrogen and oxygen atoms in total. The first-order chi connectivity index (χ1) is 18.1. The van der Waals surface area contributed by atoms with Crippen LogP contribution in [0, 0.1) is 0 Å². The average Bonchev–Trinajstić information content (AvgIpc) is 3.19. The van der Waals surface area contributed by atoms with Crippen LogP contribution in [0.3, 0.4) is 0 Å². The zero-order valence-electron chi connectivity index (χ0n) is 21.6. The maximum atomic E-state index is 13.3. The molecule has 0 saturated carbocycles. The molecule has 2 heterocycles. The van der Waals surface area contributed by atoms with Gasteiger partial charge in [-0.1, -0.05) is 72.8 Å². The second-order valence-electron chi connectivity index (χ2n) is 10.5. The van der Waals surface area contributed by atoms with Gasteiger partial charge in [0.25, 0.3) is 0 Å². The van der Waals surface area contributed by atoms with E-state index in [2.05, 4.69) is 65.7 Å². The first kappa shape index (κ1) is 25.2. The molecule has 3 N–H and O–H groups in total. The summed E-state index contributed by atoms with van der Waals surface area (Å²) in [5.41, 5.74) is 10.4. The van der Waals surface area contributed by atoms with E-state index < -0.39 is 0 Å².